The molecule has 4 aromatic rings. The Morgan fingerprint density at radius 2 is 1.43 bits per heavy atom. The molecule has 0 spiro atoms. The number of nitrogens with one attached hydrogen (secondary N) is 3. The van der Waals surface area contributed by atoms with E-state index >= 15 is 0 Å². The maximum Gasteiger partial charge on any atom is 0.266 e. The lowest BCUT2D eigenvalue weighted by Gasteiger charge is -2.39. The lowest BCUT2D eigenvalue weighted by molar-refractivity contribution is -0.136. The van der Waals surface area contributed by atoms with E-state index in [-0.39, 0.29) is 67.2 Å². The van der Waals surface area contributed by atoms with Crippen molar-refractivity contribution in [1.82, 2.24) is 40.3 Å². The van der Waals surface area contributed by atoms with E-state index in [1.807, 2.05) is 41.4 Å². The summed E-state index contributed by atoms with van der Waals surface area (Å²) < 4.78 is 33.7. The van der Waals surface area contributed by atoms with Crippen LogP contribution in [0, 0.1) is 0 Å². The predicted octanol–water partition coefficient (Wildman–Crippen LogP) is 2.25. The molecule has 5 N–H and O–H groups in total. The average molecular weight is 1050 g/mol. The van der Waals surface area contributed by atoms with Crippen LogP contribution < -0.4 is 26.0 Å². The fourth-order valence-electron chi connectivity index (χ4n) is 9.42. The Hall–Kier alpha value is -6.11. The number of piperidine rings is 2. The molecule has 6 heterocycles. The molecule has 6 amide bonds. The zero-order valence-corrected chi connectivity index (χ0v) is 42.2. The van der Waals surface area contributed by atoms with Gasteiger partial charge in [-0.2, -0.15) is 0 Å². The second-order valence-electron chi connectivity index (χ2n) is 18.5. The number of halogens is 1. The van der Waals surface area contributed by atoms with Gasteiger partial charge in [0.1, 0.15) is 36.2 Å². The summed E-state index contributed by atoms with van der Waals surface area (Å²) in [7, 11) is 0. The number of aromatic amines is 1. The molecular formula is C51H65ClN10O12. The number of ether oxygens (including phenoxy) is 6. The van der Waals surface area contributed by atoms with Crippen molar-refractivity contribution in [3.8, 4) is 5.75 Å². The number of imide groups is 2. The number of nitrogens with zero attached hydrogens (tertiary/aromatic N) is 6. The van der Waals surface area contributed by atoms with Gasteiger partial charge in [-0.3, -0.25) is 43.9 Å². The number of amides is 6. The summed E-state index contributed by atoms with van der Waals surface area (Å²) in [6.07, 6.45) is 5.41. The summed E-state index contributed by atoms with van der Waals surface area (Å²) in [5.41, 5.74) is 7.75. The van der Waals surface area contributed by atoms with Crippen LogP contribution in [-0.2, 0) is 42.9 Å². The SMILES string of the molecule is NC1(C(=O)N[C@@H](CCN2CCN(C(=O)CCOCCOCCOCCOCCOCCOc3cccc4c3C(=O)N(C3CCC(=O)NC3=O)C4=O)CC2)c2ccc(Cl)cc2)CCN(c2ncnc3[nH]ccc23)CC1. The minimum Gasteiger partial charge on any atom is -0.490 e. The van der Waals surface area contributed by atoms with Crippen LogP contribution in [0.15, 0.2) is 61.1 Å². The smallest absolute Gasteiger partial charge is 0.266 e. The molecular weight excluding hydrogens is 980 g/mol. The first kappa shape index (κ1) is 54.2. The highest BCUT2D eigenvalue weighted by atomic mass is 35.5. The van der Waals surface area contributed by atoms with Crippen LogP contribution in [0.4, 0.5) is 5.82 Å². The Labute approximate surface area is 433 Å². The van der Waals surface area contributed by atoms with Gasteiger partial charge >= 0.3 is 0 Å². The lowest BCUT2D eigenvalue weighted by Crippen LogP contribution is -2.60. The van der Waals surface area contributed by atoms with Crippen LogP contribution in [-0.4, -0.2) is 195 Å². The standard InChI is InChI=1S/C51H65ClN10O12/c52-36-6-4-35(5-7-36)39(57-50(68)51(53)13-17-61(18-14-51)46-38-10-15-54-45(38)55-34-56-46)11-16-59-19-21-60(22-20-59)43(64)12-23-69-24-25-70-26-27-71-28-29-72-30-31-73-32-33-74-41-3-1-2-37-44(41)49(67)62(48(37)66)40-8-9-42(63)58-47(40)65/h1-7,10,15,34,39-40H,8-9,11-14,16-33,53H2,(H,57,68)(H,54,55,56)(H,58,63,65)/t39-,40?/m0/s1. The van der Waals surface area contributed by atoms with Gasteiger partial charge in [-0.25, -0.2) is 9.97 Å². The van der Waals surface area contributed by atoms with Gasteiger partial charge in [0.05, 0.1) is 101 Å². The zero-order chi connectivity index (χ0) is 51.9. The van der Waals surface area contributed by atoms with Gasteiger partial charge in [-0.1, -0.05) is 29.8 Å². The molecule has 74 heavy (non-hydrogen) atoms. The molecule has 4 aliphatic heterocycles. The fraction of sp³-hybridized carbons (Fsp3) is 0.529. The van der Waals surface area contributed by atoms with Gasteiger partial charge in [0.15, 0.2) is 0 Å². The molecule has 3 fully saturated rings. The zero-order valence-electron chi connectivity index (χ0n) is 41.4. The number of rotatable bonds is 27. The number of H-pyrrole nitrogens is 1. The number of anilines is 1. The molecule has 23 heteroatoms. The van der Waals surface area contributed by atoms with Gasteiger partial charge in [0.2, 0.25) is 23.6 Å². The molecule has 0 aliphatic carbocycles. The van der Waals surface area contributed by atoms with E-state index in [2.05, 4.69) is 35.4 Å². The van der Waals surface area contributed by atoms with Crippen molar-refractivity contribution in [3.05, 3.63) is 82.8 Å². The first-order valence-corrected chi connectivity index (χ1v) is 25.6. The van der Waals surface area contributed by atoms with Crippen LogP contribution in [0.3, 0.4) is 0 Å². The van der Waals surface area contributed by atoms with Crippen LogP contribution in [0.25, 0.3) is 11.0 Å². The molecule has 4 aliphatic rings. The van der Waals surface area contributed by atoms with Gasteiger partial charge < -0.3 is 54.3 Å². The van der Waals surface area contributed by atoms with E-state index in [0.717, 1.165) is 46.9 Å². The topological polar surface area (TPSA) is 262 Å². The third-order valence-electron chi connectivity index (χ3n) is 13.6. The maximum absolute atomic E-state index is 13.9. The Balaban J connectivity index is 0.618. The number of piperazine rings is 1. The largest absolute Gasteiger partial charge is 0.490 e. The van der Waals surface area contributed by atoms with Crippen molar-refractivity contribution >= 4 is 63.9 Å². The molecule has 0 bridgehead atoms. The summed E-state index contributed by atoms with van der Waals surface area (Å²) in [5, 5.41) is 7.03. The monoisotopic (exact) mass is 1040 g/mol. The third kappa shape index (κ3) is 14.0. The Morgan fingerprint density at radius 1 is 0.784 bits per heavy atom. The molecule has 398 valence electrons. The van der Waals surface area contributed by atoms with Gasteiger partial charge in [0.25, 0.3) is 11.8 Å². The number of hydrogen-bond acceptors (Lipinski definition) is 17. The maximum atomic E-state index is 13.9. The molecule has 1 unspecified atom stereocenters. The number of fused-ring (bicyclic) bond motifs is 2. The first-order chi connectivity index (χ1) is 36.0. The van der Waals surface area contributed by atoms with Crippen LogP contribution in [0.1, 0.15) is 70.8 Å². The van der Waals surface area contributed by atoms with Crippen molar-refractivity contribution in [2.75, 3.05) is 123 Å². The van der Waals surface area contributed by atoms with Crippen molar-refractivity contribution < 1.29 is 57.2 Å². The number of hydrogen-bond donors (Lipinski definition) is 4. The van der Waals surface area contributed by atoms with E-state index in [4.69, 9.17) is 45.8 Å². The van der Waals surface area contributed by atoms with Crippen molar-refractivity contribution in [1.29, 1.82) is 0 Å². The molecule has 2 aromatic heterocycles. The number of carbonyl (C=O) groups is 6. The molecule has 0 radical (unpaired) electrons. The van der Waals surface area contributed by atoms with Gasteiger partial charge in [0, 0.05) is 63.5 Å². The second-order valence-corrected chi connectivity index (χ2v) is 18.9. The summed E-state index contributed by atoms with van der Waals surface area (Å²) in [6, 6.07) is 12.9. The number of nitrogens with two attached hydrogens (primary N) is 1. The Morgan fingerprint density at radius 3 is 2.09 bits per heavy atom. The van der Waals surface area contributed by atoms with E-state index in [1.54, 1.807) is 18.5 Å². The second kappa shape index (κ2) is 26.4. The molecule has 0 saturated carbocycles. The van der Waals surface area contributed by atoms with Crippen molar-refractivity contribution in [3.63, 3.8) is 0 Å². The number of carbonyl (C=O) groups excluding carboxylic acids is 6. The van der Waals surface area contributed by atoms with E-state index in [0.29, 0.717) is 110 Å². The van der Waals surface area contributed by atoms with Gasteiger partial charge in [-0.05, 0) is 61.6 Å². The highest BCUT2D eigenvalue weighted by molar-refractivity contribution is 6.30. The summed E-state index contributed by atoms with van der Waals surface area (Å²) in [4.78, 5) is 96.2. The number of benzene rings is 2. The summed E-state index contributed by atoms with van der Waals surface area (Å²) in [5.74, 6) is -1.41. The molecule has 2 atom stereocenters. The first-order valence-electron chi connectivity index (χ1n) is 25.2. The highest BCUT2D eigenvalue weighted by Crippen LogP contribution is 2.34. The summed E-state index contributed by atoms with van der Waals surface area (Å²) >= 11 is 6.23. The molecule has 2 aromatic carbocycles. The van der Waals surface area contributed by atoms with Crippen LogP contribution in [0.2, 0.25) is 5.02 Å². The van der Waals surface area contributed by atoms with Crippen molar-refractivity contribution in [2.24, 2.45) is 5.73 Å². The molecule has 3 saturated heterocycles. The Bertz CT molecular complexity index is 2570. The van der Waals surface area contributed by atoms with Gasteiger partial charge in [-0.15, -0.1) is 0 Å². The summed E-state index contributed by atoms with van der Waals surface area (Å²) in [6.45, 7) is 8.12. The third-order valence-corrected chi connectivity index (χ3v) is 13.9. The lowest BCUT2D eigenvalue weighted by atomic mass is 9.87. The molecule has 8 rings (SSSR count). The quantitative estimate of drug-likeness (QED) is 0.0493. The minimum absolute atomic E-state index is 0.0388. The number of aromatic nitrogens is 3. The van der Waals surface area contributed by atoms with E-state index < -0.39 is 35.2 Å². The van der Waals surface area contributed by atoms with E-state index in [9.17, 15) is 28.8 Å². The van der Waals surface area contributed by atoms with E-state index in [1.165, 1.54) is 6.07 Å². The average Bonchev–Trinajstić information content (AvgIpc) is 3.99. The fourth-order valence-corrected chi connectivity index (χ4v) is 9.55. The minimum atomic E-state index is -1.05. The highest BCUT2D eigenvalue weighted by Gasteiger charge is 2.46. The van der Waals surface area contributed by atoms with Crippen molar-refractivity contribution in [2.45, 2.75) is 56.1 Å². The molecule has 22 nitrogen and oxygen atoms in total. The van der Waals surface area contributed by atoms with Crippen LogP contribution in [0.5, 0.6) is 5.75 Å². The van der Waals surface area contributed by atoms with Crippen LogP contribution >= 0.6 is 11.6 Å². The Kier molecular flexibility index (Phi) is 19.3. The normalized spacial score (nSPS) is 18.5. The predicted molar refractivity (Wildman–Crippen MR) is 270 cm³/mol.